The second-order valence-corrected chi connectivity index (χ2v) is 5.33. The van der Waals surface area contributed by atoms with Gasteiger partial charge in [-0.2, -0.15) is 0 Å². The second-order valence-electron chi connectivity index (χ2n) is 5.33. The Labute approximate surface area is 110 Å². The van der Waals surface area contributed by atoms with E-state index in [2.05, 4.69) is 24.8 Å². The Morgan fingerprint density at radius 1 is 1.44 bits per heavy atom. The molecule has 0 bridgehead atoms. The maximum Gasteiger partial charge on any atom is 0.122 e. The Kier molecular flexibility index (Phi) is 4.84. The number of piperidine rings is 1. The van der Waals surface area contributed by atoms with Gasteiger partial charge in [0, 0.05) is 12.1 Å². The van der Waals surface area contributed by atoms with Crippen molar-refractivity contribution >= 4 is 0 Å². The van der Waals surface area contributed by atoms with E-state index in [-0.39, 0.29) is 12.1 Å². The van der Waals surface area contributed by atoms with Gasteiger partial charge in [0.05, 0.1) is 12.3 Å². The third-order valence-corrected chi connectivity index (χ3v) is 4.21. The quantitative estimate of drug-likeness (QED) is 0.871. The molecule has 3 heteroatoms. The van der Waals surface area contributed by atoms with Crippen molar-refractivity contribution in [3.05, 3.63) is 24.2 Å². The van der Waals surface area contributed by atoms with Gasteiger partial charge < -0.3 is 10.2 Å². The van der Waals surface area contributed by atoms with Crippen LogP contribution in [0.25, 0.3) is 0 Å². The summed E-state index contributed by atoms with van der Waals surface area (Å²) in [7, 11) is 0. The van der Waals surface area contributed by atoms with Crippen LogP contribution in [0.3, 0.4) is 0 Å². The van der Waals surface area contributed by atoms with E-state index in [4.69, 9.17) is 10.2 Å². The summed E-state index contributed by atoms with van der Waals surface area (Å²) in [5.74, 6) is 1.03. The highest BCUT2D eigenvalue weighted by Crippen LogP contribution is 2.32. The van der Waals surface area contributed by atoms with Crippen LogP contribution in [0.4, 0.5) is 0 Å². The number of nitrogens with zero attached hydrogens (tertiary/aromatic N) is 1. The molecule has 1 aliphatic heterocycles. The van der Waals surface area contributed by atoms with Crippen LogP contribution < -0.4 is 5.73 Å². The lowest BCUT2D eigenvalue weighted by Gasteiger charge is -2.42. The minimum Gasteiger partial charge on any atom is -0.468 e. The van der Waals surface area contributed by atoms with E-state index in [1.165, 1.54) is 25.7 Å². The summed E-state index contributed by atoms with van der Waals surface area (Å²) in [6.45, 7) is 5.59. The predicted molar refractivity (Wildman–Crippen MR) is 74.4 cm³/mol. The Balaban J connectivity index is 2.22. The molecule has 3 atom stereocenters. The number of nitrogens with two attached hydrogens (primary N) is 1. The van der Waals surface area contributed by atoms with Crippen molar-refractivity contribution in [3.8, 4) is 0 Å². The molecule has 2 heterocycles. The van der Waals surface area contributed by atoms with Crippen LogP contribution in [0.2, 0.25) is 0 Å². The molecule has 0 aliphatic carbocycles. The number of likely N-dealkylation sites (tertiary alicyclic amines) is 1. The molecular formula is C15H26N2O. The third-order valence-electron chi connectivity index (χ3n) is 4.21. The topological polar surface area (TPSA) is 42.4 Å². The van der Waals surface area contributed by atoms with E-state index in [0.29, 0.717) is 6.04 Å². The molecule has 1 aliphatic rings. The van der Waals surface area contributed by atoms with E-state index in [1.807, 2.05) is 6.07 Å². The van der Waals surface area contributed by atoms with Crippen LogP contribution in [0, 0.1) is 0 Å². The van der Waals surface area contributed by atoms with Gasteiger partial charge in [-0.05, 0) is 44.4 Å². The Hall–Kier alpha value is -0.800. The molecule has 1 saturated heterocycles. The number of hydrogen-bond acceptors (Lipinski definition) is 3. The van der Waals surface area contributed by atoms with Gasteiger partial charge in [-0.15, -0.1) is 0 Å². The van der Waals surface area contributed by atoms with Gasteiger partial charge in [-0.1, -0.05) is 20.3 Å². The highest BCUT2D eigenvalue weighted by Gasteiger charge is 2.33. The van der Waals surface area contributed by atoms with Crippen molar-refractivity contribution in [2.24, 2.45) is 5.73 Å². The third kappa shape index (κ3) is 2.78. The van der Waals surface area contributed by atoms with Crippen molar-refractivity contribution in [1.82, 2.24) is 4.90 Å². The predicted octanol–water partition coefficient (Wildman–Crippen LogP) is 3.32. The first kappa shape index (κ1) is 13.6. The molecule has 1 aromatic heterocycles. The summed E-state index contributed by atoms with van der Waals surface area (Å²) in [4.78, 5) is 2.58. The van der Waals surface area contributed by atoms with Crippen molar-refractivity contribution in [3.63, 3.8) is 0 Å². The first-order chi connectivity index (χ1) is 8.77. The van der Waals surface area contributed by atoms with E-state index < -0.39 is 0 Å². The van der Waals surface area contributed by atoms with Gasteiger partial charge in [-0.25, -0.2) is 0 Å². The smallest absolute Gasteiger partial charge is 0.122 e. The van der Waals surface area contributed by atoms with Crippen LogP contribution in [0.1, 0.15) is 57.8 Å². The second kappa shape index (κ2) is 6.39. The van der Waals surface area contributed by atoms with Gasteiger partial charge in [-0.3, -0.25) is 4.90 Å². The Morgan fingerprint density at radius 2 is 2.28 bits per heavy atom. The normalized spacial score (nSPS) is 24.9. The molecule has 0 radical (unpaired) electrons. The first-order valence-corrected chi connectivity index (χ1v) is 7.32. The highest BCUT2D eigenvalue weighted by molar-refractivity contribution is 5.09. The van der Waals surface area contributed by atoms with Gasteiger partial charge >= 0.3 is 0 Å². The van der Waals surface area contributed by atoms with Gasteiger partial charge in [0.1, 0.15) is 5.76 Å². The molecule has 18 heavy (non-hydrogen) atoms. The van der Waals surface area contributed by atoms with E-state index in [9.17, 15) is 0 Å². The van der Waals surface area contributed by atoms with Gasteiger partial charge in [0.15, 0.2) is 0 Å². The standard InChI is InChI=1S/C15H26N2O/c1-3-12-8-5-6-10-17(12)15(13(16)4-2)14-9-7-11-18-14/h7,9,11-13,15H,3-6,8,10,16H2,1-2H3. The zero-order valence-corrected chi connectivity index (χ0v) is 11.6. The summed E-state index contributed by atoms with van der Waals surface area (Å²) < 4.78 is 5.64. The summed E-state index contributed by atoms with van der Waals surface area (Å²) >= 11 is 0. The molecule has 3 unspecified atom stereocenters. The molecule has 0 saturated carbocycles. The van der Waals surface area contributed by atoms with Crippen LogP contribution in [-0.2, 0) is 0 Å². The molecular weight excluding hydrogens is 224 g/mol. The molecule has 1 fully saturated rings. The average molecular weight is 250 g/mol. The lowest BCUT2D eigenvalue weighted by Crippen LogP contribution is -2.48. The molecule has 0 amide bonds. The van der Waals surface area contributed by atoms with Crippen molar-refractivity contribution < 1.29 is 4.42 Å². The highest BCUT2D eigenvalue weighted by atomic mass is 16.3. The fraction of sp³-hybridized carbons (Fsp3) is 0.733. The summed E-state index contributed by atoms with van der Waals surface area (Å²) in [5.41, 5.74) is 6.35. The van der Waals surface area contributed by atoms with E-state index in [1.54, 1.807) is 6.26 Å². The van der Waals surface area contributed by atoms with Gasteiger partial charge in [0.2, 0.25) is 0 Å². The maximum absolute atomic E-state index is 6.35. The summed E-state index contributed by atoms with van der Waals surface area (Å²) in [6.07, 6.45) is 7.87. The molecule has 2 N–H and O–H groups in total. The zero-order valence-electron chi connectivity index (χ0n) is 11.6. The van der Waals surface area contributed by atoms with Crippen LogP contribution in [-0.4, -0.2) is 23.5 Å². The van der Waals surface area contributed by atoms with Crippen molar-refractivity contribution in [2.45, 2.75) is 64.1 Å². The molecule has 3 nitrogen and oxygen atoms in total. The Bertz CT molecular complexity index is 336. The van der Waals surface area contributed by atoms with Gasteiger partial charge in [0.25, 0.3) is 0 Å². The molecule has 102 valence electrons. The monoisotopic (exact) mass is 250 g/mol. The summed E-state index contributed by atoms with van der Waals surface area (Å²) in [5, 5.41) is 0. The van der Waals surface area contributed by atoms with Crippen LogP contribution in [0.5, 0.6) is 0 Å². The zero-order chi connectivity index (χ0) is 13.0. The van der Waals surface area contributed by atoms with E-state index in [0.717, 1.165) is 18.7 Å². The maximum atomic E-state index is 6.35. The van der Waals surface area contributed by atoms with Crippen LogP contribution >= 0.6 is 0 Å². The molecule has 0 spiro atoms. The number of furan rings is 1. The molecule has 0 aromatic carbocycles. The minimum absolute atomic E-state index is 0.156. The lowest BCUT2D eigenvalue weighted by atomic mass is 9.93. The fourth-order valence-electron chi connectivity index (χ4n) is 3.13. The molecule has 1 aromatic rings. The number of hydrogen-bond donors (Lipinski definition) is 1. The van der Waals surface area contributed by atoms with Crippen molar-refractivity contribution in [1.29, 1.82) is 0 Å². The van der Waals surface area contributed by atoms with Crippen molar-refractivity contribution in [2.75, 3.05) is 6.54 Å². The first-order valence-electron chi connectivity index (χ1n) is 7.32. The Morgan fingerprint density at radius 3 is 2.89 bits per heavy atom. The average Bonchev–Trinajstić information content (AvgIpc) is 2.93. The van der Waals surface area contributed by atoms with E-state index >= 15 is 0 Å². The lowest BCUT2D eigenvalue weighted by molar-refractivity contribution is 0.0638. The fourth-order valence-corrected chi connectivity index (χ4v) is 3.13. The summed E-state index contributed by atoms with van der Waals surface area (Å²) in [6, 6.07) is 5.10. The largest absolute Gasteiger partial charge is 0.468 e. The number of rotatable bonds is 5. The minimum atomic E-state index is 0.156. The molecule has 2 rings (SSSR count). The van der Waals surface area contributed by atoms with Crippen LogP contribution in [0.15, 0.2) is 22.8 Å². The SMILES string of the molecule is CCC(N)C(c1ccco1)N1CCCCC1CC.